The lowest BCUT2D eigenvalue weighted by Gasteiger charge is -2.22. The Bertz CT molecular complexity index is 1130. The van der Waals surface area contributed by atoms with E-state index in [0.717, 1.165) is 12.8 Å². The molecule has 0 N–H and O–H groups in total. The summed E-state index contributed by atoms with van der Waals surface area (Å²) in [6.07, 6.45) is 1.20. The summed E-state index contributed by atoms with van der Waals surface area (Å²) in [5.74, 6) is -1.56. The third-order valence-electron chi connectivity index (χ3n) is 5.93. The van der Waals surface area contributed by atoms with E-state index in [1.807, 2.05) is 0 Å². The van der Waals surface area contributed by atoms with Gasteiger partial charge in [-0.15, -0.1) is 0 Å². The predicted octanol–water partition coefficient (Wildman–Crippen LogP) is 2.45. The van der Waals surface area contributed by atoms with E-state index in [4.69, 9.17) is 9.47 Å². The van der Waals surface area contributed by atoms with E-state index in [0.29, 0.717) is 13.1 Å². The van der Waals surface area contributed by atoms with Gasteiger partial charge >= 0.3 is 5.97 Å². The Hall–Kier alpha value is -2.98. The Morgan fingerprint density at radius 3 is 2.33 bits per heavy atom. The summed E-state index contributed by atoms with van der Waals surface area (Å²) < 4.78 is 51.4. The van der Waals surface area contributed by atoms with Gasteiger partial charge in [0.1, 0.15) is 12.1 Å². The van der Waals surface area contributed by atoms with Crippen LogP contribution in [0.2, 0.25) is 0 Å². The van der Waals surface area contributed by atoms with Crippen LogP contribution in [-0.2, 0) is 19.6 Å². The van der Waals surface area contributed by atoms with Crippen LogP contribution in [-0.4, -0.2) is 68.4 Å². The first-order valence-electron chi connectivity index (χ1n) is 10.7. The molecule has 8 nitrogen and oxygen atoms in total. The summed E-state index contributed by atoms with van der Waals surface area (Å²) in [4.78, 5) is 27.0. The lowest BCUT2D eigenvalue weighted by molar-refractivity contribution is -0.145. The molecule has 2 atom stereocenters. The lowest BCUT2D eigenvalue weighted by Crippen LogP contribution is -2.41. The van der Waals surface area contributed by atoms with E-state index >= 15 is 0 Å². The molecule has 0 spiro atoms. The second-order valence-corrected chi connectivity index (χ2v) is 9.98. The van der Waals surface area contributed by atoms with E-state index in [1.165, 1.54) is 58.8 Å². The smallest absolute Gasteiger partial charge is 0.328 e. The molecule has 1 amide bonds. The Kier molecular flexibility index (Phi) is 6.66. The SMILES string of the molecule is COC(=O)C1CC(Oc2ccccc2F)CN1C(=O)c1ccc(S(=O)(=O)N2CCCC2)cc1. The molecule has 0 bridgehead atoms. The summed E-state index contributed by atoms with van der Waals surface area (Å²) >= 11 is 0. The highest BCUT2D eigenvalue weighted by Crippen LogP contribution is 2.28. The number of nitrogens with zero attached hydrogens (tertiary/aromatic N) is 2. The van der Waals surface area contributed by atoms with Crippen LogP contribution >= 0.6 is 0 Å². The summed E-state index contributed by atoms with van der Waals surface area (Å²) in [5, 5.41) is 0. The number of hydrogen-bond acceptors (Lipinski definition) is 6. The second-order valence-electron chi connectivity index (χ2n) is 8.04. The highest BCUT2D eigenvalue weighted by molar-refractivity contribution is 7.89. The summed E-state index contributed by atoms with van der Waals surface area (Å²) in [6, 6.07) is 10.7. The number of carbonyl (C=O) groups excluding carboxylic acids is 2. The zero-order valence-electron chi connectivity index (χ0n) is 18.1. The van der Waals surface area contributed by atoms with Gasteiger partial charge in [-0.25, -0.2) is 17.6 Å². The number of esters is 1. The Labute approximate surface area is 191 Å². The molecule has 0 saturated carbocycles. The van der Waals surface area contributed by atoms with Gasteiger partial charge < -0.3 is 14.4 Å². The maximum atomic E-state index is 14.0. The number of ether oxygens (including phenoxy) is 2. The second kappa shape index (κ2) is 9.48. The fourth-order valence-electron chi connectivity index (χ4n) is 4.20. The Morgan fingerprint density at radius 2 is 1.70 bits per heavy atom. The van der Waals surface area contributed by atoms with Crippen LogP contribution in [0, 0.1) is 5.82 Å². The molecule has 4 rings (SSSR count). The molecule has 2 aliphatic rings. The zero-order valence-corrected chi connectivity index (χ0v) is 19.0. The first-order valence-corrected chi connectivity index (χ1v) is 12.2. The van der Waals surface area contributed by atoms with Crippen molar-refractivity contribution in [1.29, 1.82) is 0 Å². The van der Waals surface area contributed by atoms with E-state index in [9.17, 15) is 22.4 Å². The molecule has 2 unspecified atom stereocenters. The van der Waals surface area contributed by atoms with Gasteiger partial charge in [-0.1, -0.05) is 12.1 Å². The summed E-state index contributed by atoms with van der Waals surface area (Å²) in [7, 11) is -2.37. The number of likely N-dealkylation sites (tertiary alicyclic amines) is 1. The minimum absolute atomic E-state index is 0.0388. The normalized spacial score (nSPS) is 21.2. The van der Waals surface area contributed by atoms with E-state index in [-0.39, 0.29) is 29.2 Å². The number of amides is 1. The van der Waals surface area contributed by atoms with Crippen LogP contribution < -0.4 is 4.74 Å². The lowest BCUT2D eigenvalue weighted by atomic mass is 10.1. The maximum Gasteiger partial charge on any atom is 0.328 e. The fraction of sp³-hybridized carbons (Fsp3) is 0.391. The number of methoxy groups -OCH3 is 1. The molecule has 2 aliphatic heterocycles. The molecule has 2 heterocycles. The molecule has 0 aliphatic carbocycles. The van der Waals surface area contributed by atoms with Crippen LogP contribution in [0.25, 0.3) is 0 Å². The molecule has 2 aromatic rings. The van der Waals surface area contributed by atoms with Crippen molar-refractivity contribution < 1.29 is 31.9 Å². The number of sulfonamides is 1. The van der Waals surface area contributed by atoms with Crippen LogP contribution in [0.15, 0.2) is 53.4 Å². The van der Waals surface area contributed by atoms with Gasteiger partial charge in [-0.05, 0) is 49.2 Å². The van der Waals surface area contributed by atoms with E-state index < -0.39 is 39.9 Å². The molecular weight excluding hydrogens is 451 g/mol. The van der Waals surface area contributed by atoms with Crippen molar-refractivity contribution in [2.24, 2.45) is 0 Å². The van der Waals surface area contributed by atoms with Crippen LogP contribution in [0.4, 0.5) is 4.39 Å². The highest BCUT2D eigenvalue weighted by Gasteiger charge is 2.42. The maximum absolute atomic E-state index is 14.0. The van der Waals surface area contributed by atoms with E-state index in [1.54, 1.807) is 6.07 Å². The van der Waals surface area contributed by atoms with Crippen molar-refractivity contribution >= 4 is 21.9 Å². The first kappa shape index (κ1) is 23.2. The van der Waals surface area contributed by atoms with Crippen molar-refractivity contribution in [2.45, 2.75) is 36.3 Å². The van der Waals surface area contributed by atoms with Gasteiger partial charge in [0.05, 0.1) is 18.6 Å². The quantitative estimate of drug-likeness (QED) is 0.595. The van der Waals surface area contributed by atoms with Crippen molar-refractivity contribution in [2.75, 3.05) is 26.7 Å². The predicted molar refractivity (Wildman–Crippen MR) is 117 cm³/mol. The van der Waals surface area contributed by atoms with Crippen LogP contribution in [0.3, 0.4) is 0 Å². The van der Waals surface area contributed by atoms with Gasteiger partial charge in [-0.3, -0.25) is 4.79 Å². The van der Waals surface area contributed by atoms with Gasteiger partial charge in [0.25, 0.3) is 5.91 Å². The molecule has 2 fully saturated rings. The molecule has 10 heteroatoms. The highest BCUT2D eigenvalue weighted by atomic mass is 32.2. The average molecular weight is 477 g/mol. The van der Waals surface area contributed by atoms with Crippen LogP contribution in [0.5, 0.6) is 5.75 Å². The van der Waals surface area contributed by atoms with Gasteiger partial charge in [0.2, 0.25) is 10.0 Å². The minimum Gasteiger partial charge on any atom is -0.485 e. The standard InChI is InChI=1S/C23H25FN2O6S/c1-31-23(28)20-14-17(32-21-7-3-2-6-19(21)24)15-26(20)22(27)16-8-10-18(11-9-16)33(29,30)25-12-4-5-13-25/h2-3,6-11,17,20H,4-5,12-15H2,1H3. The molecule has 2 aromatic carbocycles. The van der Waals surface area contributed by atoms with Crippen molar-refractivity contribution in [3.8, 4) is 5.75 Å². The molecule has 0 radical (unpaired) electrons. The molecule has 2 saturated heterocycles. The van der Waals surface area contributed by atoms with Gasteiger partial charge in [0, 0.05) is 25.1 Å². The number of halogens is 1. The van der Waals surface area contributed by atoms with Crippen molar-refractivity contribution in [3.05, 3.63) is 59.9 Å². The topological polar surface area (TPSA) is 93.2 Å². The van der Waals surface area contributed by atoms with Crippen molar-refractivity contribution in [1.82, 2.24) is 9.21 Å². The third kappa shape index (κ3) is 4.72. The molecule has 0 aromatic heterocycles. The summed E-state index contributed by atoms with van der Waals surface area (Å²) in [6.45, 7) is 1.03. The van der Waals surface area contributed by atoms with Crippen LogP contribution in [0.1, 0.15) is 29.6 Å². The molecule has 176 valence electrons. The monoisotopic (exact) mass is 476 g/mol. The average Bonchev–Trinajstić information content (AvgIpc) is 3.51. The minimum atomic E-state index is -3.60. The molecular formula is C23H25FN2O6S. The Balaban J connectivity index is 1.52. The fourth-order valence-corrected chi connectivity index (χ4v) is 5.72. The van der Waals surface area contributed by atoms with E-state index in [2.05, 4.69) is 0 Å². The number of benzene rings is 2. The molecule has 33 heavy (non-hydrogen) atoms. The summed E-state index contributed by atoms with van der Waals surface area (Å²) in [5.41, 5.74) is 0.232. The largest absolute Gasteiger partial charge is 0.485 e. The first-order chi connectivity index (χ1) is 15.8. The number of hydrogen-bond donors (Lipinski definition) is 0. The number of rotatable bonds is 6. The number of carbonyl (C=O) groups is 2. The Morgan fingerprint density at radius 1 is 1.03 bits per heavy atom. The third-order valence-corrected chi connectivity index (χ3v) is 7.84. The van der Waals surface area contributed by atoms with Gasteiger partial charge in [0.15, 0.2) is 11.6 Å². The van der Waals surface area contributed by atoms with Crippen molar-refractivity contribution in [3.63, 3.8) is 0 Å². The van der Waals surface area contributed by atoms with Gasteiger partial charge in [-0.2, -0.15) is 4.31 Å². The number of para-hydroxylation sites is 1. The zero-order chi connectivity index (χ0) is 23.6.